The van der Waals surface area contributed by atoms with Crippen LogP contribution in [-0.4, -0.2) is 47.7 Å². The summed E-state index contributed by atoms with van der Waals surface area (Å²) in [5, 5.41) is 0. The molecule has 126 valence electrons. The molecule has 0 radical (unpaired) electrons. The molecule has 0 aromatic heterocycles. The number of rotatable bonds is 4. The highest BCUT2D eigenvalue weighted by molar-refractivity contribution is 5.91. The first-order valence-corrected chi connectivity index (χ1v) is 6.29. The minimum absolute atomic E-state index is 0.112. The van der Waals surface area contributed by atoms with E-state index in [0.29, 0.717) is 4.90 Å². The molecule has 0 aromatic carbocycles. The smallest absolute Gasteiger partial charge is 0.308 e. The SMILES string of the molecule is C=C(C=N[C@@]1(C)C(N)N1C(=NCC)C(F)(F)F)CC(F)(F)F. The highest BCUT2D eigenvalue weighted by atomic mass is 19.4. The fourth-order valence-electron chi connectivity index (χ4n) is 1.87. The van der Waals surface area contributed by atoms with E-state index < -0.39 is 36.4 Å². The van der Waals surface area contributed by atoms with Gasteiger partial charge in [0.05, 0.1) is 6.42 Å². The number of nitrogens with zero attached hydrogens (tertiary/aromatic N) is 3. The number of amidine groups is 1. The number of alkyl halides is 6. The second kappa shape index (κ2) is 5.90. The molecule has 10 heteroatoms. The van der Waals surface area contributed by atoms with E-state index in [1.54, 1.807) is 0 Å². The molecule has 1 saturated heterocycles. The van der Waals surface area contributed by atoms with Gasteiger partial charge in [0, 0.05) is 12.8 Å². The highest BCUT2D eigenvalue weighted by Crippen LogP contribution is 2.42. The van der Waals surface area contributed by atoms with Crippen molar-refractivity contribution in [2.24, 2.45) is 15.7 Å². The zero-order valence-corrected chi connectivity index (χ0v) is 12.0. The van der Waals surface area contributed by atoms with E-state index in [1.807, 2.05) is 0 Å². The van der Waals surface area contributed by atoms with Gasteiger partial charge < -0.3 is 10.6 Å². The lowest BCUT2D eigenvalue weighted by Gasteiger charge is -2.14. The van der Waals surface area contributed by atoms with Crippen LogP contribution < -0.4 is 5.73 Å². The van der Waals surface area contributed by atoms with Gasteiger partial charge in [-0.15, -0.1) is 0 Å². The van der Waals surface area contributed by atoms with Gasteiger partial charge in [-0.3, -0.25) is 9.98 Å². The van der Waals surface area contributed by atoms with Crippen LogP contribution >= 0.6 is 0 Å². The van der Waals surface area contributed by atoms with Gasteiger partial charge in [0.25, 0.3) is 0 Å². The molecular formula is C12H16F6N4. The van der Waals surface area contributed by atoms with Gasteiger partial charge in [-0.25, -0.2) is 0 Å². The first-order chi connectivity index (χ1) is 9.83. The summed E-state index contributed by atoms with van der Waals surface area (Å²) < 4.78 is 75.1. The summed E-state index contributed by atoms with van der Waals surface area (Å²) in [6.07, 6.45) is -10.8. The second-order valence-corrected chi connectivity index (χ2v) is 4.91. The van der Waals surface area contributed by atoms with Crippen LogP contribution in [0.25, 0.3) is 0 Å². The predicted molar refractivity (Wildman–Crippen MR) is 70.6 cm³/mol. The average Bonchev–Trinajstić information content (AvgIpc) is 2.83. The molecule has 4 nitrogen and oxygen atoms in total. The fraction of sp³-hybridized carbons (Fsp3) is 0.667. The van der Waals surface area contributed by atoms with Crippen LogP contribution in [0.5, 0.6) is 0 Å². The monoisotopic (exact) mass is 330 g/mol. The van der Waals surface area contributed by atoms with Crippen molar-refractivity contribution in [2.45, 2.75) is 44.4 Å². The summed E-state index contributed by atoms with van der Waals surface area (Å²) in [6, 6.07) is 0. The molecule has 1 unspecified atom stereocenters. The maximum absolute atomic E-state index is 12.9. The second-order valence-electron chi connectivity index (χ2n) is 4.91. The Bertz CT molecular complexity index is 493. The van der Waals surface area contributed by atoms with Crippen LogP contribution in [0.1, 0.15) is 20.3 Å². The molecule has 1 heterocycles. The molecule has 0 bridgehead atoms. The van der Waals surface area contributed by atoms with E-state index in [0.717, 1.165) is 6.21 Å². The maximum atomic E-state index is 12.9. The minimum atomic E-state index is -4.72. The van der Waals surface area contributed by atoms with Crippen LogP contribution in [0.4, 0.5) is 26.3 Å². The van der Waals surface area contributed by atoms with Crippen LogP contribution in [0, 0.1) is 0 Å². The standard InChI is InChI=1S/C12H16F6N4/c1-4-20-9(12(16,17)18)22-8(19)10(22,3)21-6-7(2)5-11(13,14)15/h6,8H,2,4-5,19H2,1,3H3/t8?,10-,22?/m1/s1. The molecule has 2 atom stereocenters. The van der Waals surface area contributed by atoms with Crippen LogP contribution in [-0.2, 0) is 0 Å². The Labute approximate surface area is 123 Å². The molecule has 0 amide bonds. The van der Waals surface area contributed by atoms with E-state index >= 15 is 0 Å². The largest absolute Gasteiger partial charge is 0.449 e. The van der Waals surface area contributed by atoms with Gasteiger partial charge in [-0.2, -0.15) is 26.3 Å². The lowest BCUT2D eigenvalue weighted by atomic mass is 10.2. The molecule has 0 saturated carbocycles. The number of halogens is 6. The highest BCUT2D eigenvalue weighted by Gasteiger charge is 2.64. The summed E-state index contributed by atoms with van der Waals surface area (Å²) in [6.45, 7) is 5.76. The molecule has 0 aliphatic carbocycles. The minimum Gasteiger partial charge on any atom is -0.308 e. The molecule has 2 N–H and O–H groups in total. The lowest BCUT2D eigenvalue weighted by molar-refractivity contribution is -0.125. The van der Waals surface area contributed by atoms with Gasteiger partial charge in [-0.05, 0) is 19.4 Å². The summed E-state index contributed by atoms with van der Waals surface area (Å²) in [5.74, 6) is -1.19. The third kappa shape index (κ3) is 4.21. The molecule has 1 rings (SSSR count). The third-order valence-corrected chi connectivity index (χ3v) is 2.98. The van der Waals surface area contributed by atoms with Gasteiger partial charge in [0.2, 0.25) is 5.84 Å². The van der Waals surface area contributed by atoms with Crippen molar-refractivity contribution in [1.29, 1.82) is 0 Å². The number of allylic oxidation sites excluding steroid dienone is 1. The van der Waals surface area contributed by atoms with E-state index in [2.05, 4.69) is 16.6 Å². The molecular weight excluding hydrogens is 314 g/mol. The lowest BCUT2D eigenvalue weighted by Crippen LogP contribution is -2.34. The first-order valence-electron chi connectivity index (χ1n) is 6.29. The van der Waals surface area contributed by atoms with Gasteiger partial charge in [0.1, 0.15) is 6.17 Å². The van der Waals surface area contributed by atoms with Crippen molar-refractivity contribution in [3.05, 3.63) is 12.2 Å². The van der Waals surface area contributed by atoms with E-state index in [4.69, 9.17) is 5.73 Å². The molecule has 0 aromatic rings. The Morgan fingerprint density at radius 1 is 1.32 bits per heavy atom. The Kier molecular flexibility index (Phi) is 4.95. The van der Waals surface area contributed by atoms with Crippen LogP contribution in [0.3, 0.4) is 0 Å². The van der Waals surface area contributed by atoms with Crippen molar-refractivity contribution in [3.63, 3.8) is 0 Å². The van der Waals surface area contributed by atoms with Crippen molar-refractivity contribution in [1.82, 2.24) is 4.90 Å². The Morgan fingerprint density at radius 2 is 1.86 bits per heavy atom. The fourth-order valence-corrected chi connectivity index (χ4v) is 1.87. The first kappa shape index (κ1) is 18.5. The topological polar surface area (TPSA) is 53.7 Å². The summed E-state index contributed by atoms with van der Waals surface area (Å²) in [4.78, 5) is 7.79. The van der Waals surface area contributed by atoms with Gasteiger partial charge >= 0.3 is 12.4 Å². The van der Waals surface area contributed by atoms with Crippen LogP contribution in [0.15, 0.2) is 22.1 Å². The van der Waals surface area contributed by atoms with E-state index in [9.17, 15) is 26.3 Å². The predicted octanol–water partition coefficient (Wildman–Crippen LogP) is 2.86. The summed E-state index contributed by atoms with van der Waals surface area (Å²) >= 11 is 0. The zero-order chi connectivity index (χ0) is 17.3. The molecule has 1 fully saturated rings. The Balaban J connectivity index is 2.89. The number of hydrogen-bond acceptors (Lipinski definition) is 3. The third-order valence-electron chi connectivity index (χ3n) is 2.98. The van der Waals surface area contributed by atoms with Crippen molar-refractivity contribution >= 4 is 12.1 Å². The van der Waals surface area contributed by atoms with Gasteiger partial charge in [-0.1, -0.05) is 6.58 Å². The molecule has 22 heavy (non-hydrogen) atoms. The van der Waals surface area contributed by atoms with E-state index in [1.165, 1.54) is 13.8 Å². The quantitative estimate of drug-likeness (QED) is 0.373. The van der Waals surface area contributed by atoms with Crippen molar-refractivity contribution in [3.8, 4) is 0 Å². The zero-order valence-electron chi connectivity index (χ0n) is 12.0. The van der Waals surface area contributed by atoms with Gasteiger partial charge in [0.15, 0.2) is 5.66 Å². The molecule has 1 aliphatic rings. The maximum Gasteiger partial charge on any atom is 0.449 e. The summed E-state index contributed by atoms with van der Waals surface area (Å²) in [7, 11) is 0. The van der Waals surface area contributed by atoms with Crippen LogP contribution in [0.2, 0.25) is 0 Å². The van der Waals surface area contributed by atoms with Crippen molar-refractivity contribution in [2.75, 3.05) is 6.54 Å². The molecule has 1 aliphatic heterocycles. The number of aliphatic imine (C=N–C) groups is 2. The normalized spacial score (nSPS) is 26.7. The Morgan fingerprint density at radius 3 is 2.27 bits per heavy atom. The van der Waals surface area contributed by atoms with E-state index in [-0.39, 0.29) is 12.1 Å². The average molecular weight is 330 g/mol. The Hall–Kier alpha value is -1.58. The number of hydrogen-bond donors (Lipinski definition) is 1. The van der Waals surface area contributed by atoms with Crippen molar-refractivity contribution < 1.29 is 26.3 Å². The summed E-state index contributed by atoms with van der Waals surface area (Å²) in [5.41, 5.74) is 3.71. The number of nitrogens with two attached hydrogens (primary N) is 1. The molecule has 0 spiro atoms.